The highest BCUT2D eigenvalue weighted by Crippen LogP contribution is 2.13. The third-order valence-corrected chi connectivity index (χ3v) is 4.25. The molecule has 4 heteroatoms. The molecule has 0 radical (unpaired) electrons. The topological polar surface area (TPSA) is 44.4 Å². The molecule has 2 N–H and O–H groups in total. The van der Waals surface area contributed by atoms with Gasteiger partial charge in [-0.3, -0.25) is 9.69 Å². The average Bonchev–Trinajstić information content (AvgIpc) is 2.64. The van der Waals surface area contributed by atoms with E-state index in [1.807, 2.05) is 48.5 Å². The van der Waals surface area contributed by atoms with Gasteiger partial charge in [-0.05, 0) is 43.6 Å². The molecule has 126 valence electrons. The molecule has 2 unspecified atom stereocenters. The van der Waals surface area contributed by atoms with Crippen LogP contribution in [0.4, 0.5) is 5.69 Å². The van der Waals surface area contributed by atoms with Crippen molar-refractivity contribution >= 4 is 11.6 Å². The fraction of sp³-hybridized carbons (Fsp3) is 0.350. The van der Waals surface area contributed by atoms with Gasteiger partial charge >= 0.3 is 0 Å². The molecule has 0 aliphatic carbocycles. The van der Waals surface area contributed by atoms with Crippen LogP contribution in [0.1, 0.15) is 19.8 Å². The summed E-state index contributed by atoms with van der Waals surface area (Å²) in [6.45, 7) is 1.74. The Bertz CT molecular complexity index is 665. The maximum atomic E-state index is 12.0. The molecule has 24 heavy (non-hydrogen) atoms. The highest BCUT2D eigenvalue weighted by Gasteiger charge is 2.19. The lowest BCUT2D eigenvalue weighted by atomic mass is 10.0. The summed E-state index contributed by atoms with van der Waals surface area (Å²) >= 11 is 0. The molecule has 1 aliphatic rings. The zero-order valence-electron chi connectivity index (χ0n) is 14.8. The number of carbonyl (C=O) groups excluding carboxylic acids is 1. The summed E-state index contributed by atoms with van der Waals surface area (Å²) in [6.07, 6.45) is 1.70. The van der Waals surface area contributed by atoms with Crippen molar-refractivity contribution in [3.05, 3.63) is 66.2 Å². The molecule has 1 amide bonds. The minimum absolute atomic E-state index is 0.0422. The van der Waals surface area contributed by atoms with Gasteiger partial charge in [-0.15, -0.1) is 0 Å². The van der Waals surface area contributed by atoms with E-state index in [2.05, 4.69) is 27.7 Å². The second-order valence-corrected chi connectivity index (χ2v) is 6.16. The number of carbonyl (C=O) groups is 1. The molecule has 0 bridgehead atoms. The van der Waals surface area contributed by atoms with E-state index in [0.29, 0.717) is 0 Å². The fourth-order valence-electron chi connectivity index (χ4n) is 2.92. The van der Waals surface area contributed by atoms with E-state index in [4.69, 9.17) is 1.37 Å². The second-order valence-electron chi connectivity index (χ2n) is 6.16. The number of para-hydroxylation sites is 1. The van der Waals surface area contributed by atoms with Crippen molar-refractivity contribution in [1.82, 2.24) is 10.2 Å². The van der Waals surface area contributed by atoms with Gasteiger partial charge in [0.05, 0.1) is 6.54 Å². The Balaban J connectivity index is 1.41. The predicted molar refractivity (Wildman–Crippen MR) is 97.8 cm³/mol. The molecular weight excluding hydrogens is 298 g/mol. The average molecular weight is 324 g/mol. The van der Waals surface area contributed by atoms with Gasteiger partial charge in [0.1, 0.15) is 0 Å². The van der Waals surface area contributed by atoms with Gasteiger partial charge in [-0.2, -0.15) is 0 Å². The lowest BCUT2D eigenvalue weighted by Gasteiger charge is -2.32. The Labute approximate surface area is 145 Å². The minimum Gasteiger partial charge on any atom is -0.325 e. The molecule has 3 rings (SSSR count). The summed E-state index contributed by atoms with van der Waals surface area (Å²) in [4.78, 5) is 14.2. The van der Waals surface area contributed by atoms with Crippen molar-refractivity contribution in [3.63, 3.8) is 0 Å². The van der Waals surface area contributed by atoms with Gasteiger partial charge in [-0.1, -0.05) is 48.5 Å². The van der Waals surface area contributed by atoms with E-state index in [9.17, 15) is 4.79 Å². The second kappa shape index (κ2) is 8.62. The number of nitrogens with one attached hydrogen (secondary N) is 2. The number of hydrogen-bond acceptors (Lipinski definition) is 3. The van der Waals surface area contributed by atoms with Crippen molar-refractivity contribution in [2.45, 2.75) is 25.4 Å². The van der Waals surface area contributed by atoms with E-state index in [1.165, 1.54) is 5.56 Å². The highest BCUT2D eigenvalue weighted by molar-refractivity contribution is 5.92. The van der Waals surface area contributed by atoms with Gasteiger partial charge in [-0.25, -0.2) is 0 Å². The first-order valence-corrected chi connectivity index (χ1v) is 8.49. The van der Waals surface area contributed by atoms with Crippen LogP contribution in [0.3, 0.4) is 0 Å². The van der Waals surface area contributed by atoms with Crippen LogP contribution >= 0.6 is 0 Å². The van der Waals surface area contributed by atoms with Gasteiger partial charge < -0.3 is 10.6 Å². The zero-order chi connectivity index (χ0) is 17.5. The molecular formula is C20H25N3O. The van der Waals surface area contributed by atoms with E-state index in [1.54, 1.807) is 0 Å². The molecule has 1 fully saturated rings. The summed E-state index contributed by atoms with van der Waals surface area (Å²) in [5.41, 5.74) is 2.05. The number of benzene rings is 2. The Morgan fingerprint density at radius 1 is 1.08 bits per heavy atom. The lowest BCUT2D eigenvalue weighted by Crippen LogP contribution is -2.44. The number of rotatable bonds is 6. The van der Waals surface area contributed by atoms with Crippen LogP contribution in [-0.4, -0.2) is 36.5 Å². The Morgan fingerprint density at radius 3 is 2.50 bits per heavy atom. The molecule has 0 saturated carbocycles. The standard InChI is InChI=1S/C20H25N3O/c24-20(22-19-9-5-2-6-10-19)15-21-18-11-13-23(14-12-18)16-17-7-3-1-4-8-17/h1-10,18,21H,11-16H2,(H,22,24)/i13D. The van der Waals surface area contributed by atoms with Crippen LogP contribution in [0.5, 0.6) is 0 Å². The monoisotopic (exact) mass is 324 g/mol. The van der Waals surface area contributed by atoms with Crippen LogP contribution in [0.2, 0.25) is 0 Å². The summed E-state index contributed by atoms with van der Waals surface area (Å²) in [7, 11) is 0. The molecule has 2 aromatic carbocycles. The molecule has 2 atom stereocenters. The smallest absolute Gasteiger partial charge is 0.238 e. The van der Waals surface area contributed by atoms with Crippen LogP contribution in [0.25, 0.3) is 0 Å². The molecule has 1 aliphatic heterocycles. The maximum absolute atomic E-state index is 12.0. The van der Waals surface area contributed by atoms with Crippen molar-refractivity contribution in [2.24, 2.45) is 0 Å². The molecule has 0 aromatic heterocycles. The first kappa shape index (κ1) is 15.4. The first-order chi connectivity index (χ1) is 12.2. The van der Waals surface area contributed by atoms with E-state index < -0.39 is 0 Å². The normalized spacial score (nSPS) is 21.9. The van der Waals surface area contributed by atoms with Crippen molar-refractivity contribution in [3.8, 4) is 0 Å². The van der Waals surface area contributed by atoms with E-state index >= 15 is 0 Å². The Hall–Kier alpha value is -2.17. The first-order valence-electron chi connectivity index (χ1n) is 9.07. The van der Waals surface area contributed by atoms with Gasteiger partial charge in [0.25, 0.3) is 0 Å². The summed E-state index contributed by atoms with van der Waals surface area (Å²) in [6, 6.07) is 20.0. The quantitative estimate of drug-likeness (QED) is 0.859. The summed E-state index contributed by atoms with van der Waals surface area (Å²) in [5.74, 6) is -0.0422. The summed E-state index contributed by atoms with van der Waals surface area (Å²) in [5, 5.41) is 6.17. The van der Waals surface area contributed by atoms with Crippen LogP contribution in [0.15, 0.2) is 60.7 Å². The van der Waals surface area contributed by atoms with Crippen LogP contribution < -0.4 is 10.6 Å². The van der Waals surface area contributed by atoms with Crippen LogP contribution in [0, 0.1) is 0 Å². The van der Waals surface area contributed by atoms with Crippen LogP contribution in [-0.2, 0) is 11.3 Å². The molecule has 2 aromatic rings. The largest absolute Gasteiger partial charge is 0.325 e. The van der Waals surface area contributed by atoms with Crippen molar-refractivity contribution in [2.75, 3.05) is 24.9 Å². The van der Waals surface area contributed by atoms with Gasteiger partial charge in [0.15, 0.2) is 0 Å². The fourth-order valence-corrected chi connectivity index (χ4v) is 2.92. The Morgan fingerprint density at radius 2 is 1.79 bits per heavy atom. The van der Waals surface area contributed by atoms with Gasteiger partial charge in [0, 0.05) is 19.6 Å². The number of amides is 1. The third kappa shape index (κ3) is 5.18. The number of piperidine rings is 1. The zero-order valence-corrected chi connectivity index (χ0v) is 13.8. The van der Waals surface area contributed by atoms with Crippen molar-refractivity contribution < 1.29 is 6.17 Å². The SMILES string of the molecule is [2H]C1CC(NCC(=O)Nc2ccccc2)CCN1Cc1ccccc1. The molecule has 1 heterocycles. The molecule has 4 nitrogen and oxygen atoms in total. The number of hydrogen-bond donors (Lipinski definition) is 2. The lowest BCUT2D eigenvalue weighted by molar-refractivity contribution is -0.115. The maximum Gasteiger partial charge on any atom is 0.238 e. The molecule has 0 spiro atoms. The number of nitrogens with zero attached hydrogens (tertiary/aromatic N) is 1. The number of anilines is 1. The van der Waals surface area contributed by atoms with Crippen molar-refractivity contribution in [1.29, 1.82) is 0 Å². The van der Waals surface area contributed by atoms with Gasteiger partial charge in [0.2, 0.25) is 5.91 Å². The van der Waals surface area contributed by atoms with E-state index in [-0.39, 0.29) is 25.0 Å². The number of likely N-dealkylation sites (tertiary alicyclic amines) is 1. The van der Waals surface area contributed by atoms with E-state index in [0.717, 1.165) is 31.6 Å². The summed E-state index contributed by atoms with van der Waals surface area (Å²) < 4.78 is 8.36. The minimum atomic E-state index is -0.233. The third-order valence-electron chi connectivity index (χ3n) is 4.25. The predicted octanol–water partition coefficient (Wildman–Crippen LogP) is 2.88. The highest BCUT2D eigenvalue weighted by atomic mass is 16.1. The Kier molecular flexibility index (Phi) is 5.52. The molecule has 1 saturated heterocycles.